The molecule has 1 fully saturated rings. The van der Waals surface area contributed by atoms with Crippen LogP contribution in [0.15, 0.2) is 11.1 Å². The molecule has 0 bridgehead atoms. The summed E-state index contributed by atoms with van der Waals surface area (Å²) in [7, 11) is -2.25. The van der Waals surface area contributed by atoms with E-state index in [1.165, 1.54) is 13.2 Å². The normalized spacial score (nSPS) is 16.3. The molecule has 106 valence electrons. The number of nitrogens with one attached hydrogen (secondary N) is 1. The Balaban J connectivity index is 2.09. The number of aromatic nitrogens is 2. The maximum atomic E-state index is 12.3. The number of nitrogens with zero attached hydrogens (tertiary/aromatic N) is 3. The number of hydrogen-bond donors (Lipinski definition) is 1. The first-order valence-corrected chi connectivity index (χ1v) is 7.61. The fraction of sp³-hybridized carbons (Fsp3) is 0.636. The molecule has 0 aromatic carbocycles. The molecule has 1 amide bonds. The number of sulfonamides is 1. The van der Waals surface area contributed by atoms with Crippen LogP contribution in [-0.2, 0) is 14.8 Å². The van der Waals surface area contributed by atoms with Crippen LogP contribution >= 0.6 is 0 Å². The van der Waals surface area contributed by atoms with Crippen LogP contribution in [0.3, 0.4) is 0 Å². The topological polar surface area (TPSA) is 86.4 Å². The second-order valence-corrected chi connectivity index (χ2v) is 6.72. The summed E-state index contributed by atoms with van der Waals surface area (Å²) in [4.78, 5) is 13.8. The number of rotatable bonds is 4. The van der Waals surface area contributed by atoms with Crippen molar-refractivity contribution in [2.45, 2.75) is 24.7 Å². The monoisotopic (exact) mass is 286 g/mol. The summed E-state index contributed by atoms with van der Waals surface area (Å²) in [5.41, 5.74) is 0.473. The van der Waals surface area contributed by atoms with Gasteiger partial charge in [-0.05, 0) is 19.8 Å². The minimum Gasteiger partial charge on any atom is -0.342 e. The van der Waals surface area contributed by atoms with E-state index in [-0.39, 0.29) is 17.3 Å². The molecule has 7 nitrogen and oxygen atoms in total. The van der Waals surface area contributed by atoms with Crippen molar-refractivity contribution in [2.24, 2.45) is 0 Å². The quantitative estimate of drug-likeness (QED) is 0.841. The van der Waals surface area contributed by atoms with E-state index in [9.17, 15) is 13.2 Å². The molecule has 0 spiro atoms. The van der Waals surface area contributed by atoms with Gasteiger partial charge in [-0.1, -0.05) is 0 Å². The predicted octanol–water partition coefficient (Wildman–Crippen LogP) is -0.0390. The lowest BCUT2D eigenvalue weighted by atomic mass is 10.4. The van der Waals surface area contributed by atoms with Crippen molar-refractivity contribution in [3.05, 3.63) is 11.9 Å². The molecule has 1 aromatic heterocycles. The lowest BCUT2D eigenvalue weighted by molar-refractivity contribution is -0.130. The average Bonchev–Trinajstić information content (AvgIpc) is 2.98. The molecule has 1 aliphatic rings. The van der Waals surface area contributed by atoms with Crippen LogP contribution in [-0.4, -0.2) is 60.4 Å². The Morgan fingerprint density at radius 3 is 2.63 bits per heavy atom. The van der Waals surface area contributed by atoms with Gasteiger partial charge in [0, 0.05) is 20.1 Å². The molecule has 0 saturated carbocycles. The number of hydrogen-bond acceptors (Lipinski definition) is 4. The van der Waals surface area contributed by atoms with Gasteiger partial charge in [-0.2, -0.15) is 9.40 Å². The number of carbonyl (C=O) groups excluding carboxylic acids is 1. The Kier molecular flexibility index (Phi) is 3.91. The van der Waals surface area contributed by atoms with Crippen molar-refractivity contribution in [3.63, 3.8) is 0 Å². The van der Waals surface area contributed by atoms with E-state index in [2.05, 4.69) is 10.2 Å². The van der Waals surface area contributed by atoms with Gasteiger partial charge >= 0.3 is 0 Å². The van der Waals surface area contributed by atoms with Crippen LogP contribution in [0, 0.1) is 6.92 Å². The van der Waals surface area contributed by atoms with Crippen molar-refractivity contribution in [3.8, 4) is 0 Å². The maximum Gasteiger partial charge on any atom is 0.246 e. The first kappa shape index (κ1) is 14.0. The minimum absolute atomic E-state index is 0.115. The summed E-state index contributed by atoms with van der Waals surface area (Å²) in [6.07, 6.45) is 3.24. The fourth-order valence-electron chi connectivity index (χ4n) is 2.11. The van der Waals surface area contributed by atoms with Gasteiger partial charge in [0.05, 0.1) is 18.4 Å². The maximum absolute atomic E-state index is 12.3. The summed E-state index contributed by atoms with van der Waals surface area (Å²) in [6, 6.07) is 0. The standard InChI is InChI=1S/C11H18N4O3S/c1-9-10(7-12-13-9)19(17,18)14(2)8-11(16)15-5-3-4-6-15/h7H,3-6,8H2,1-2H3,(H,12,13). The van der Waals surface area contributed by atoms with Gasteiger partial charge < -0.3 is 4.90 Å². The second-order valence-electron chi connectivity index (χ2n) is 4.71. The van der Waals surface area contributed by atoms with Crippen molar-refractivity contribution in [1.29, 1.82) is 0 Å². The second kappa shape index (κ2) is 5.30. The van der Waals surface area contributed by atoms with Gasteiger partial charge in [-0.15, -0.1) is 0 Å². The zero-order chi connectivity index (χ0) is 14.0. The molecule has 0 radical (unpaired) electrons. The molecule has 2 rings (SSSR count). The van der Waals surface area contributed by atoms with Crippen LogP contribution in [0.4, 0.5) is 0 Å². The van der Waals surface area contributed by atoms with E-state index < -0.39 is 10.0 Å². The summed E-state index contributed by atoms with van der Waals surface area (Å²) in [5, 5.41) is 6.29. The van der Waals surface area contributed by atoms with E-state index >= 15 is 0 Å². The summed E-state index contributed by atoms with van der Waals surface area (Å²) >= 11 is 0. The van der Waals surface area contributed by atoms with Gasteiger partial charge in [0.25, 0.3) is 0 Å². The van der Waals surface area contributed by atoms with Crippen molar-refractivity contribution in [2.75, 3.05) is 26.7 Å². The number of aryl methyl sites for hydroxylation is 1. The third-order valence-corrected chi connectivity index (χ3v) is 5.21. The number of aromatic amines is 1. The highest BCUT2D eigenvalue weighted by Gasteiger charge is 2.28. The largest absolute Gasteiger partial charge is 0.342 e. The summed E-state index contributed by atoms with van der Waals surface area (Å²) in [5.74, 6) is -0.148. The first-order chi connectivity index (χ1) is 8.93. The molecule has 0 atom stereocenters. The molecule has 8 heteroatoms. The summed E-state index contributed by atoms with van der Waals surface area (Å²) < 4.78 is 25.6. The lowest BCUT2D eigenvalue weighted by Crippen LogP contribution is -2.39. The molecule has 1 saturated heterocycles. The zero-order valence-electron chi connectivity index (χ0n) is 11.1. The van der Waals surface area contributed by atoms with Crippen molar-refractivity contribution in [1.82, 2.24) is 19.4 Å². The van der Waals surface area contributed by atoms with E-state index in [0.717, 1.165) is 30.2 Å². The Labute approximate surface area is 112 Å². The molecular weight excluding hydrogens is 268 g/mol. The van der Waals surface area contributed by atoms with Crippen molar-refractivity contribution >= 4 is 15.9 Å². The van der Waals surface area contributed by atoms with E-state index in [4.69, 9.17) is 0 Å². The van der Waals surface area contributed by atoms with Gasteiger partial charge in [0.15, 0.2) is 0 Å². The Morgan fingerprint density at radius 1 is 1.47 bits per heavy atom. The number of amides is 1. The highest BCUT2D eigenvalue weighted by Crippen LogP contribution is 2.17. The van der Waals surface area contributed by atoms with E-state index in [1.807, 2.05) is 0 Å². The predicted molar refractivity (Wildman–Crippen MR) is 69.0 cm³/mol. The van der Waals surface area contributed by atoms with Crippen LogP contribution in [0.1, 0.15) is 18.5 Å². The molecule has 1 N–H and O–H groups in total. The Bertz CT molecular complexity index is 560. The van der Waals surface area contributed by atoms with Crippen LogP contribution in [0.5, 0.6) is 0 Å². The molecule has 1 aliphatic heterocycles. The van der Waals surface area contributed by atoms with E-state index in [0.29, 0.717) is 5.69 Å². The number of likely N-dealkylation sites (N-methyl/N-ethyl adjacent to an activating group) is 1. The van der Waals surface area contributed by atoms with Crippen LogP contribution < -0.4 is 0 Å². The van der Waals surface area contributed by atoms with Crippen LogP contribution in [0.25, 0.3) is 0 Å². The molecule has 1 aromatic rings. The molecule has 0 aliphatic carbocycles. The smallest absolute Gasteiger partial charge is 0.246 e. The highest BCUT2D eigenvalue weighted by molar-refractivity contribution is 7.89. The first-order valence-electron chi connectivity index (χ1n) is 6.17. The lowest BCUT2D eigenvalue weighted by Gasteiger charge is -2.20. The Hall–Kier alpha value is -1.41. The number of carbonyl (C=O) groups is 1. The molecule has 2 heterocycles. The average molecular weight is 286 g/mol. The van der Waals surface area contributed by atoms with E-state index in [1.54, 1.807) is 11.8 Å². The highest BCUT2D eigenvalue weighted by atomic mass is 32.2. The third kappa shape index (κ3) is 2.79. The molecule has 19 heavy (non-hydrogen) atoms. The number of likely N-dealkylation sites (tertiary alicyclic amines) is 1. The molecule has 0 unspecified atom stereocenters. The minimum atomic E-state index is -3.66. The zero-order valence-corrected chi connectivity index (χ0v) is 11.9. The molecular formula is C11H18N4O3S. The third-order valence-electron chi connectivity index (χ3n) is 3.29. The summed E-state index contributed by atoms with van der Waals surface area (Å²) in [6.45, 7) is 2.94. The van der Waals surface area contributed by atoms with Gasteiger partial charge in [-0.3, -0.25) is 9.89 Å². The number of H-pyrrole nitrogens is 1. The van der Waals surface area contributed by atoms with Gasteiger partial charge in [0.2, 0.25) is 15.9 Å². The van der Waals surface area contributed by atoms with Crippen molar-refractivity contribution < 1.29 is 13.2 Å². The van der Waals surface area contributed by atoms with Gasteiger partial charge in [0.1, 0.15) is 4.90 Å². The fourth-order valence-corrected chi connectivity index (χ4v) is 3.34. The Morgan fingerprint density at radius 2 is 2.11 bits per heavy atom. The van der Waals surface area contributed by atoms with Gasteiger partial charge in [-0.25, -0.2) is 8.42 Å². The SMILES string of the molecule is Cc1[nH]ncc1S(=O)(=O)N(C)CC(=O)N1CCCC1. The van der Waals surface area contributed by atoms with Crippen LogP contribution in [0.2, 0.25) is 0 Å².